The van der Waals surface area contributed by atoms with Crippen molar-refractivity contribution in [1.82, 2.24) is 0 Å². The molecule has 0 unspecified atom stereocenters. The largest absolute Gasteiger partial charge is 1.00 e. The van der Waals surface area contributed by atoms with E-state index in [1.165, 1.54) is 22.9 Å². The van der Waals surface area contributed by atoms with Crippen molar-refractivity contribution in [2.75, 3.05) is 0 Å². The van der Waals surface area contributed by atoms with Crippen molar-refractivity contribution in [3.63, 3.8) is 0 Å². The van der Waals surface area contributed by atoms with E-state index in [9.17, 15) is 17.3 Å². The van der Waals surface area contributed by atoms with Crippen LogP contribution in [0.5, 0.6) is 0 Å². The van der Waals surface area contributed by atoms with E-state index < -0.39 is 15.5 Å². The van der Waals surface area contributed by atoms with Crippen LogP contribution in [0.1, 0.15) is 0 Å². The third kappa shape index (κ3) is 6.23. The third-order valence-corrected chi connectivity index (χ3v) is 5.88. The molecule has 0 atom stereocenters. The summed E-state index contributed by atoms with van der Waals surface area (Å²) in [5, 5.41) is 2.53. The molecule has 8 heteroatoms. The molecule has 26 heavy (non-hydrogen) atoms. The maximum absolute atomic E-state index is 13.4. The standard InChI is InChI=1S/C18H16FNP.BF3.FH/c1-20-14-15(19)12-13-18(20)21(16-8-4-2-5-9-16)17-10-6-3-7-11-17;2-1(3)4;/h2-14H,1H3;;1H/q+1;;/p-1. The fraction of sp³-hybridized carbons (Fsp3) is 0.0556. The van der Waals surface area contributed by atoms with E-state index in [2.05, 4.69) is 48.5 Å². The van der Waals surface area contributed by atoms with Crippen LogP contribution in [-0.2, 0) is 7.05 Å². The van der Waals surface area contributed by atoms with Gasteiger partial charge in [-0.05, 0) is 16.7 Å². The average Bonchev–Trinajstić information content (AvgIpc) is 2.59. The summed E-state index contributed by atoms with van der Waals surface area (Å²) in [7, 11) is -2.45. The summed E-state index contributed by atoms with van der Waals surface area (Å²) in [6.45, 7) is 0. The molecule has 1 heterocycles. The van der Waals surface area contributed by atoms with Gasteiger partial charge in [0.1, 0.15) is 7.05 Å². The van der Waals surface area contributed by atoms with E-state index in [1.807, 2.05) is 29.8 Å². The summed E-state index contributed by atoms with van der Waals surface area (Å²) in [5.74, 6) is -0.211. The monoisotopic (exact) mass is 383 g/mol. The third-order valence-electron chi connectivity index (χ3n) is 3.33. The van der Waals surface area contributed by atoms with Gasteiger partial charge in [0.25, 0.3) is 0 Å². The summed E-state index contributed by atoms with van der Waals surface area (Å²) in [5.41, 5.74) is 1.13. The summed E-state index contributed by atoms with van der Waals surface area (Å²) in [4.78, 5) is 0. The number of nitrogens with zero attached hydrogens (tertiary/aromatic N) is 1. The first-order chi connectivity index (χ1) is 12.0. The van der Waals surface area contributed by atoms with Gasteiger partial charge in [-0.15, -0.1) is 0 Å². The lowest BCUT2D eigenvalue weighted by Crippen LogP contribution is -3.00. The van der Waals surface area contributed by atoms with Crippen LogP contribution in [0, 0.1) is 5.82 Å². The lowest BCUT2D eigenvalue weighted by Gasteiger charge is -2.16. The Bertz CT molecular complexity index is 748. The van der Waals surface area contributed by atoms with Gasteiger partial charge in [-0.3, -0.25) is 12.9 Å². The molecular formula is C18H16BF5NP. The van der Waals surface area contributed by atoms with Crippen LogP contribution >= 0.6 is 7.92 Å². The minimum absolute atomic E-state index is 0. The zero-order valence-electron chi connectivity index (χ0n) is 13.9. The Hall–Kier alpha value is -2.27. The number of hydrogen-bond donors (Lipinski definition) is 0. The molecule has 0 saturated heterocycles. The fourth-order valence-corrected chi connectivity index (χ4v) is 4.73. The van der Waals surface area contributed by atoms with Crippen molar-refractivity contribution < 1.29 is 26.6 Å². The van der Waals surface area contributed by atoms with Gasteiger partial charge in [0, 0.05) is 6.07 Å². The Morgan fingerprint density at radius 1 is 0.769 bits per heavy atom. The van der Waals surface area contributed by atoms with Gasteiger partial charge < -0.3 is 4.70 Å². The summed E-state index contributed by atoms with van der Waals surface area (Å²) in [6.07, 6.45) is 1.54. The molecule has 0 aliphatic rings. The Labute approximate surface area is 150 Å². The molecule has 0 amide bonds. The molecule has 0 saturated carbocycles. The van der Waals surface area contributed by atoms with Crippen molar-refractivity contribution in [2.24, 2.45) is 7.05 Å². The van der Waals surface area contributed by atoms with Crippen molar-refractivity contribution in [3.05, 3.63) is 84.8 Å². The van der Waals surface area contributed by atoms with Crippen LogP contribution in [0.3, 0.4) is 0 Å². The highest BCUT2D eigenvalue weighted by Gasteiger charge is 2.24. The molecule has 1 aromatic heterocycles. The smallest absolute Gasteiger partial charge is 0.762 e. The normalized spacial score (nSPS) is 9.77. The van der Waals surface area contributed by atoms with E-state index in [0.29, 0.717) is 0 Å². The first-order valence-corrected chi connectivity index (χ1v) is 8.81. The lowest BCUT2D eigenvalue weighted by molar-refractivity contribution is -0.654. The number of rotatable bonds is 3. The molecule has 0 aliphatic heterocycles. The van der Waals surface area contributed by atoms with E-state index in [0.717, 1.165) is 5.44 Å². The van der Waals surface area contributed by atoms with Gasteiger partial charge in [-0.25, -0.2) is 4.39 Å². The maximum Gasteiger partial charge on any atom is 0.762 e. The molecule has 2 aromatic carbocycles. The molecule has 0 bridgehead atoms. The van der Waals surface area contributed by atoms with Crippen LogP contribution in [-0.4, -0.2) is 7.54 Å². The number of aryl methyl sites for hydroxylation is 1. The number of pyridine rings is 1. The van der Waals surface area contributed by atoms with E-state index in [4.69, 9.17) is 0 Å². The minimum atomic E-state index is -3.67. The summed E-state index contributed by atoms with van der Waals surface area (Å²) < 4.78 is 44.3. The van der Waals surface area contributed by atoms with Crippen LogP contribution in [0.15, 0.2) is 79.0 Å². The van der Waals surface area contributed by atoms with Crippen LogP contribution < -0.4 is 25.3 Å². The number of hydrogen-bond acceptors (Lipinski definition) is 0. The number of aromatic nitrogens is 1. The van der Waals surface area contributed by atoms with Crippen LogP contribution in [0.4, 0.5) is 17.3 Å². The fourth-order valence-electron chi connectivity index (χ4n) is 2.37. The summed E-state index contributed by atoms with van der Waals surface area (Å²) >= 11 is 0. The molecule has 1 nitrogen and oxygen atoms in total. The van der Waals surface area contributed by atoms with Gasteiger partial charge in [0.15, 0.2) is 5.82 Å². The molecule has 136 valence electrons. The van der Waals surface area contributed by atoms with E-state index >= 15 is 0 Å². The first kappa shape index (κ1) is 21.8. The Kier molecular flexibility index (Phi) is 8.93. The van der Waals surface area contributed by atoms with E-state index in [-0.39, 0.29) is 10.5 Å². The molecule has 0 radical (unpaired) electrons. The molecule has 0 N–H and O–H groups in total. The van der Waals surface area contributed by atoms with Gasteiger partial charge in [0.2, 0.25) is 11.6 Å². The predicted octanol–water partition coefficient (Wildman–Crippen LogP) is 0.292. The van der Waals surface area contributed by atoms with Crippen molar-refractivity contribution in [1.29, 1.82) is 0 Å². The van der Waals surface area contributed by atoms with Gasteiger partial charge >= 0.3 is 7.54 Å². The highest BCUT2D eigenvalue weighted by molar-refractivity contribution is 7.79. The minimum Gasteiger partial charge on any atom is -1.00 e. The topological polar surface area (TPSA) is 3.88 Å². The number of halogens is 5. The van der Waals surface area contributed by atoms with Crippen molar-refractivity contribution >= 4 is 31.5 Å². The highest BCUT2D eigenvalue weighted by Crippen LogP contribution is 2.30. The van der Waals surface area contributed by atoms with E-state index in [1.54, 1.807) is 0 Å². The Morgan fingerprint density at radius 3 is 1.58 bits per heavy atom. The molecule has 0 spiro atoms. The second-order valence-corrected chi connectivity index (χ2v) is 7.23. The lowest BCUT2D eigenvalue weighted by atomic mass is 10.4. The zero-order valence-corrected chi connectivity index (χ0v) is 14.8. The maximum atomic E-state index is 13.4. The molecule has 3 rings (SSSR count). The molecule has 0 aliphatic carbocycles. The molecular weight excluding hydrogens is 367 g/mol. The SMILES string of the molecule is C[n+]1cc(F)ccc1P(c1ccccc1)c1ccccc1.FB(F)F.[F-]. The Balaban J connectivity index is 0.000000616. The highest BCUT2D eigenvalue weighted by atomic mass is 31.1. The Morgan fingerprint density at radius 2 is 1.19 bits per heavy atom. The molecule has 0 fully saturated rings. The van der Waals surface area contributed by atoms with Crippen molar-refractivity contribution in [2.45, 2.75) is 0 Å². The number of benzene rings is 2. The zero-order chi connectivity index (χ0) is 18.2. The van der Waals surface area contributed by atoms with Crippen LogP contribution in [0.2, 0.25) is 0 Å². The second-order valence-electron chi connectivity index (χ2n) is 5.07. The van der Waals surface area contributed by atoms with Crippen molar-refractivity contribution in [3.8, 4) is 0 Å². The molecule has 3 aromatic rings. The van der Waals surface area contributed by atoms with Gasteiger partial charge in [0.05, 0.1) is 7.92 Å². The van der Waals surface area contributed by atoms with Crippen LogP contribution in [0.25, 0.3) is 0 Å². The van der Waals surface area contributed by atoms with Gasteiger partial charge in [-0.1, -0.05) is 60.7 Å². The van der Waals surface area contributed by atoms with Gasteiger partial charge in [-0.2, -0.15) is 4.57 Å². The predicted molar refractivity (Wildman–Crippen MR) is 95.4 cm³/mol. The average molecular weight is 383 g/mol. The second kappa shape index (κ2) is 10.7. The summed E-state index contributed by atoms with van der Waals surface area (Å²) in [6, 6.07) is 24.2. The first-order valence-electron chi connectivity index (χ1n) is 7.46. The quantitative estimate of drug-likeness (QED) is 0.265.